The molecule has 0 aliphatic heterocycles. The third kappa shape index (κ3) is 5.89. The fourth-order valence-electron chi connectivity index (χ4n) is 2.52. The second-order valence-corrected chi connectivity index (χ2v) is 9.62. The van der Waals surface area contributed by atoms with Crippen LogP contribution in [0.15, 0.2) is 53.4 Å². The molecule has 28 heavy (non-hydrogen) atoms. The SMILES string of the molecule is CC(CO)NC(=O)c1ccc(CNS(=O)(=O)c2ccc(C(C)(C)C)cc2)cc1. The summed E-state index contributed by atoms with van der Waals surface area (Å²) in [4.78, 5) is 12.2. The number of aliphatic hydroxyl groups is 1. The number of rotatable bonds is 7. The first-order valence-corrected chi connectivity index (χ1v) is 10.6. The summed E-state index contributed by atoms with van der Waals surface area (Å²) in [7, 11) is -3.62. The lowest BCUT2D eigenvalue weighted by molar-refractivity contribution is 0.0922. The molecule has 0 radical (unpaired) electrons. The van der Waals surface area contributed by atoms with Crippen LogP contribution in [0.1, 0.15) is 49.2 Å². The Labute approximate surface area is 167 Å². The number of carbonyl (C=O) groups is 1. The van der Waals surface area contributed by atoms with Gasteiger partial charge in [-0.05, 0) is 47.7 Å². The summed E-state index contributed by atoms with van der Waals surface area (Å²) in [6, 6.07) is 13.2. The number of hydrogen-bond acceptors (Lipinski definition) is 4. The number of benzene rings is 2. The first-order chi connectivity index (χ1) is 13.0. The van der Waals surface area contributed by atoms with E-state index in [9.17, 15) is 13.2 Å². The highest BCUT2D eigenvalue weighted by Gasteiger charge is 2.17. The van der Waals surface area contributed by atoms with E-state index in [2.05, 4.69) is 30.8 Å². The summed E-state index contributed by atoms with van der Waals surface area (Å²) in [5, 5.41) is 11.6. The maximum atomic E-state index is 12.5. The van der Waals surface area contributed by atoms with E-state index in [0.29, 0.717) is 5.56 Å². The molecule has 2 aromatic carbocycles. The molecule has 152 valence electrons. The molecule has 1 atom stereocenters. The topological polar surface area (TPSA) is 95.5 Å². The van der Waals surface area contributed by atoms with Gasteiger partial charge < -0.3 is 10.4 Å². The summed E-state index contributed by atoms with van der Waals surface area (Å²) in [6.07, 6.45) is 0. The third-order valence-electron chi connectivity index (χ3n) is 4.36. The molecule has 0 aliphatic rings. The van der Waals surface area contributed by atoms with E-state index in [4.69, 9.17) is 5.11 Å². The Hall–Kier alpha value is -2.22. The van der Waals surface area contributed by atoms with E-state index in [1.54, 1.807) is 43.3 Å². The Morgan fingerprint density at radius 3 is 2.11 bits per heavy atom. The molecule has 0 fully saturated rings. The van der Waals surface area contributed by atoms with Gasteiger partial charge in [-0.25, -0.2) is 13.1 Å². The van der Waals surface area contributed by atoms with Gasteiger partial charge in [0.05, 0.1) is 11.5 Å². The Morgan fingerprint density at radius 2 is 1.61 bits per heavy atom. The van der Waals surface area contributed by atoms with Crippen LogP contribution in [0.4, 0.5) is 0 Å². The largest absolute Gasteiger partial charge is 0.394 e. The quantitative estimate of drug-likeness (QED) is 0.661. The van der Waals surface area contributed by atoms with Crippen molar-refractivity contribution in [3.63, 3.8) is 0 Å². The average molecular weight is 405 g/mol. The summed E-state index contributed by atoms with van der Waals surface area (Å²) < 4.78 is 27.6. The molecule has 0 aliphatic carbocycles. The van der Waals surface area contributed by atoms with Crippen LogP contribution in [0.3, 0.4) is 0 Å². The zero-order chi connectivity index (χ0) is 20.9. The standard InChI is InChI=1S/C21H28N2O4S/c1-15(14-24)23-20(25)17-7-5-16(6-8-17)13-22-28(26,27)19-11-9-18(10-12-19)21(2,3)4/h5-12,15,22,24H,13-14H2,1-4H3,(H,23,25). The van der Waals surface area contributed by atoms with Crippen molar-refractivity contribution >= 4 is 15.9 Å². The van der Waals surface area contributed by atoms with E-state index in [1.165, 1.54) is 0 Å². The minimum atomic E-state index is -3.62. The molecular formula is C21H28N2O4S. The van der Waals surface area contributed by atoms with Crippen LogP contribution in [0, 0.1) is 0 Å². The molecule has 2 rings (SSSR count). The monoisotopic (exact) mass is 404 g/mol. The molecule has 0 saturated carbocycles. The molecule has 0 aromatic heterocycles. The van der Waals surface area contributed by atoms with Crippen LogP contribution in [-0.2, 0) is 22.0 Å². The van der Waals surface area contributed by atoms with Crippen LogP contribution in [0.25, 0.3) is 0 Å². The fraction of sp³-hybridized carbons (Fsp3) is 0.381. The second kappa shape index (κ2) is 8.86. The maximum absolute atomic E-state index is 12.5. The maximum Gasteiger partial charge on any atom is 0.251 e. The Balaban J connectivity index is 2.01. The highest BCUT2D eigenvalue weighted by Crippen LogP contribution is 2.23. The van der Waals surface area contributed by atoms with Crippen LogP contribution in [0.2, 0.25) is 0 Å². The predicted octanol–water partition coefficient (Wildman–Crippen LogP) is 2.57. The second-order valence-electron chi connectivity index (χ2n) is 7.85. The van der Waals surface area contributed by atoms with Crippen LogP contribution < -0.4 is 10.0 Å². The van der Waals surface area contributed by atoms with Gasteiger partial charge in [-0.3, -0.25) is 4.79 Å². The third-order valence-corrected chi connectivity index (χ3v) is 5.78. The number of nitrogens with one attached hydrogen (secondary N) is 2. The highest BCUT2D eigenvalue weighted by molar-refractivity contribution is 7.89. The summed E-state index contributed by atoms with van der Waals surface area (Å²) >= 11 is 0. The molecule has 0 saturated heterocycles. The Morgan fingerprint density at radius 1 is 1.04 bits per heavy atom. The molecule has 0 spiro atoms. The normalized spacial score (nSPS) is 13.2. The molecule has 1 amide bonds. The van der Waals surface area contributed by atoms with Crippen LogP contribution in [-0.4, -0.2) is 32.1 Å². The van der Waals surface area contributed by atoms with Gasteiger partial charge in [0.2, 0.25) is 10.0 Å². The fourth-order valence-corrected chi connectivity index (χ4v) is 3.54. The van der Waals surface area contributed by atoms with Gasteiger partial charge >= 0.3 is 0 Å². The van der Waals surface area contributed by atoms with E-state index in [0.717, 1.165) is 11.1 Å². The van der Waals surface area contributed by atoms with Crippen molar-refractivity contribution in [1.82, 2.24) is 10.0 Å². The summed E-state index contributed by atoms with van der Waals surface area (Å²) in [6.45, 7) is 7.91. The number of amides is 1. The predicted molar refractivity (Wildman–Crippen MR) is 110 cm³/mol. The molecule has 1 unspecified atom stereocenters. The zero-order valence-electron chi connectivity index (χ0n) is 16.7. The van der Waals surface area contributed by atoms with E-state index < -0.39 is 10.0 Å². The lowest BCUT2D eigenvalue weighted by Gasteiger charge is -2.19. The van der Waals surface area contributed by atoms with Gasteiger partial charge in [-0.15, -0.1) is 0 Å². The van der Waals surface area contributed by atoms with Crippen molar-refractivity contribution in [2.24, 2.45) is 0 Å². The zero-order valence-corrected chi connectivity index (χ0v) is 17.5. The van der Waals surface area contributed by atoms with E-state index in [-0.39, 0.29) is 35.4 Å². The molecule has 0 bridgehead atoms. The van der Waals surface area contributed by atoms with E-state index >= 15 is 0 Å². The van der Waals surface area contributed by atoms with Crippen molar-refractivity contribution in [1.29, 1.82) is 0 Å². The summed E-state index contributed by atoms with van der Waals surface area (Å²) in [5.41, 5.74) is 2.21. The molecule has 3 N–H and O–H groups in total. The van der Waals surface area contributed by atoms with Gasteiger partial charge in [-0.1, -0.05) is 45.0 Å². The van der Waals surface area contributed by atoms with Crippen molar-refractivity contribution in [2.45, 2.75) is 50.6 Å². The number of sulfonamides is 1. The van der Waals surface area contributed by atoms with Crippen molar-refractivity contribution in [3.05, 3.63) is 65.2 Å². The van der Waals surface area contributed by atoms with Gasteiger partial charge in [0.25, 0.3) is 5.91 Å². The minimum absolute atomic E-state index is 0.0429. The van der Waals surface area contributed by atoms with Gasteiger partial charge in [0, 0.05) is 18.2 Å². The average Bonchev–Trinajstić information content (AvgIpc) is 2.66. The Bertz CT molecular complexity index is 899. The molecule has 6 nitrogen and oxygen atoms in total. The highest BCUT2D eigenvalue weighted by atomic mass is 32.2. The van der Waals surface area contributed by atoms with Crippen LogP contribution >= 0.6 is 0 Å². The molecule has 0 heterocycles. The van der Waals surface area contributed by atoms with Gasteiger partial charge in [0.1, 0.15) is 0 Å². The molecular weight excluding hydrogens is 376 g/mol. The van der Waals surface area contributed by atoms with E-state index in [1.807, 2.05) is 12.1 Å². The lowest BCUT2D eigenvalue weighted by atomic mass is 9.87. The first-order valence-electron chi connectivity index (χ1n) is 9.14. The van der Waals surface area contributed by atoms with Crippen molar-refractivity contribution in [2.75, 3.05) is 6.61 Å². The first kappa shape index (κ1) is 22.1. The smallest absolute Gasteiger partial charge is 0.251 e. The Kier molecular flexibility index (Phi) is 6.98. The van der Waals surface area contributed by atoms with Gasteiger partial charge in [-0.2, -0.15) is 0 Å². The molecule has 2 aromatic rings. The molecule has 7 heteroatoms. The van der Waals surface area contributed by atoms with Crippen molar-refractivity contribution in [3.8, 4) is 0 Å². The number of carbonyl (C=O) groups excluding carboxylic acids is 1. The van der Waals surface area contributed by atoms with Gasteiger partial charge in [0.15, 0.2) is 0 Å². The summed E-state index contributed by atoms with van der Waals surface area (Å²) in [5.74, 6) is -0.285. The lowest BCUT2D eigenvalue weighted by Crippen LogP contribution is -2.34. The van der Waals surface area contributed by atoms with Crippen molar-refractivity contribution < 1.29 is 18.3 Å². The van der Waals surface area contributed by atoms with Crippen LogP contribution in [0.5, 0.6) is 0 Å². The minimum Gasteiger partial charge on any atom is -0.394 e. The number of hydrogen-bond donors (Lipinski definition) is 3. The number of aliphatic hydroxyl groups excluding tert-OH is 1.